The van der Waals surface area contributed by atoms with Gasteiger partial charge in [0.15, 0.2) is 12.2 Å². The number of imide groups is 1. The summed E-state index contributed by atoms with van der Waals surface area (Å²) in [7, 11) is 1.76. The third-order valence-electron chi connectivity index (χ3n) is 6.96. The first-order valence-corrected chi connectivity index (χ1v) is 11.8. The Labute approximate surface area is 195 Å². The van der Waals surface area contributed by atoms with Crippen molar-refractivity contribution in [3.63, 3.8) is 0 Å². The summed E-state index contributed by atoms with van der Waals surface area (Å²) in [4.78, 5) is 39.1. The van der Waals surface area contributed by atoms with Crippen molar-refractivity contribution >= 4 is 23.6 Å². The summed E-state index contributed by atoms with van der Waals surface area (Å²) in [6, 6.07) is 15.8. The van der Waals surface area contributed by atoms with E-state index in [1.165, 1.54) is 10.5 Å². The van der Waals surface area contributed by atoms with Gasteiger partial charge in [-0.2, -0.15) is 0 Å². The molecule has 3 aliphatic heterocycles. The molecule has 5 rings (SSSR count). The zero-order valence-corrected chi connectivity index (χ0v) is 19.6. The van der Waals surface area contributed by atoms with Crippen LogP contribution >= 0.6 is 0 Å². The zero-order valence-electron chi connectivity index (χ0n) is 19.6. The van der Waals surface area contributed by atoms with Crippen LogP contribution in [0.4, 0.5) is 10.5 Å². The molecule has 33 heavy (non-hydrogen) atoms. The molecule has 2 fully saturated rings. The summed E-state index contributed by atoms with van der Waals surface area (Å²) in [5.74, 6) is 0.641. The lowest BCUT2D eigenvalue weighted by Gasteiger charge is -2.41. The van der Waals surface area contributed by atoms with Crippen LogP contribution in [-0.4, -0.2) is 64.9 Å². The van der Waals surface area contributed by atoms with Crippen molar-refractivity contribution in [2.75, 3.05) is 25.0 Å². The molecule has 172 valence electrons. The normalized spacial score (nSPS) is 22.8. The van der Waals surface area contributed by atoms with Gasteiger partial charge in [0.25, 0.3) is 5.91 Å². The molecule has 0 aliphatic carbocycles. The maximum atomic E-state index is 13.7. The number of hydrogen-bond acceptors (Lipinski definition) is 5. The van der Waals surface area contributed by atoms with E-state index in [2.05, 4.69) is 41.0 Å². The molecule has 0 bridgehead atoms. The molecule has 3 heterocycles. The highest BCUT2D eigenvalue weighted by Crippen LogP contribution is 2.33. The average molecular weight is 446 g/mol. The van der Waals surface area contributed by atoms with Crippen molar-refractivity contribution in [1.29, 1.82) is 0 Å². The van der Waals surface area contributed by atoms with Crippen molar-refractivity contribution in [2.45, 2.75) is 51.9 Å². The highest BCUT2D eigenvalue weighted by Gasteiger charge is 2.53. The van der Waals surface area contributed by atoms with Crippen LogP contribution in [0.2, 0.25) is 0 Å². The van der Waals surface area contributed by atoms with Gasteiger partial charge in [0.1, 0.15) is 0 Å². The number of aryl methyl sites for hydroxylation is 2. The molecule has 0 saturated carbocycles. The predicted molar refractivity (Wildman–Crippen MR) is 129 cm³/mol. The van der Waals surface area contributed by atoms with Crippen LogP contribution in [0.15, 0.2) is 53.5 Å². The number of amides is 3. The van der Waals surface area contributed by atoms with Crippen LogP contribution in [0.5, 0.6) is 0 Å². The number of aliphatic imine (C=N–C) groups is 1. The first kappa shape index (κ1) is 21.5. The molecule has 2 aromatic rings. The van der Waals surface area contributed by atoms with Crippen LogP contribution in [-0.2, 0) is 17.8 Å². The average Bonchev–Trinajstić information content (AvgIpc) is 3.09. The van der Waals surface area contributed by atoms with Gasteiger partial charge in [0.2, 0.25) is 5.96 Å². The van der Waals surface area contributed by atoms with E-state index < -0.39 is 12.2 Å². The van der Waals surface area contributed by atoms with Gasteiger partial charge in [-0.1, -0.05) is 48.9 Å². The van der Waals surface area contributed by atoms with E-state index in [9.17, 15) is 9.59 Å². The number of likely N-dealkylation sites (N-methyl/N-ethyl adjacent to an activating group) is 1. The number of anilines is 1. The molecule has 3 amide bonds. The van der Waals surface area contributed by atoms with Crippen LogP contribution in [0.3, 0.4) is 0 Å². The molecule has 3 aliphatic rings. The minimum Gasteiger partial charge on any atom is -0.327 e. The summed E-state index contributed by atoms with van der Waals surface area (Å²) in [6.45, 7) is 6.05. The van der Waals surface area contributed by atoms with Gasteiger partial charge in [-0.15, -0.1) is 0 Å². The topological polar surface area (TPSA) is 59.5 Å². The van der Waals surface area contributed by atoms with Crippen LogP contribution in [0, 0.1) is 6.92 Å². The van der Waals surface area contributed by atoms with Crippen LogP contribution < -0.4 is 4.90 Å². The van der Waals surface area contributed by atoms with E-state index in [0.717, 1.165) is 55.1 Å². The fourth-order valence-corrected chi connectivity index (χ4v) is 4.96. The lowest BCUT2D eigenvalue weighted by atomic mass is 10.1. The highest BCUT2D eigenvalue weighted by molar-refractivity contribution is 6.07. The Hall–Kier alpha value is -3.35. The Morgan fingerprint density at radius 1 is 0.939 bits per heavy atom. The summed E-state index contributed by atoms with van der Waals surface area (Å²) >= 11 is 0. The Bertz CT molecular complexity index is 1080. The molecule has 2 unspecified atom stereocenters. The molecule has 0 spiro atoms. The Morgan fingerprint density at radius 3 is 2.30 bits per heavy atom. The molecule has 0 radical (unpaired) electrons. The van der Waals surface area contributed by atoms with Gasteiger partial charge < -0.3 is 14.7 Å². The Balaban J connectivity index is 1.45. The van der Waals surface area contributed by atoms with Gasteiger partial charge in [0, 0.05) is 25.8 Å². The largest absolute Gasteiger partial charge is 0.328 e. The second kappa shape index (κ2) is 8.54. The van der Waals surface area contributed by atoms with E-state index in [1.54, 1.807) is 11.9 Å². The fraction of sp³-hybridized carbons (Fsp3) is 0.423. The van der Waals surface area contributed by atoms with Gasteiger partial charge in [-0.05, 0) is 49.4 Å². The number of guanidine groups is 1. The molecule has 2 saturated heterocycles. The molecule has 7 heteroatoms. The quantitative estimate of drug-likeness (QED) is 0.721. The third-order valence-corrected chi connectivity index (χ3v) is 6.96. The number of carbonyl (C=O) groups is 2. The number of nitrogens with zero attached hydrogens (tertiary/aromatic N) is 5. The van der Waals surface area contributed by atoms with E-state index in [1.807, 2.05) is 31.2 Å². The number of fused-ring (bicyclic) bond motifs is 3. The van der Waals surface area contributed by atoms with Gasteiger partial charge in [-0.3, -0.25) is 9.69 Å². The minimum atomic E-state index is -0.496. The lowest BCUT2D eigenvalue weighted by Crippen LogP contribution is -2.65. The fourth-order valence-electron chi connectivity index (χ4n) is 4.96. The molecule has 2 atom stereocenters. The smallest absolute Gasteiger partial charge is 0.327 e. The van der Waals surface area contributed by atoms with E-state index in [0.29, 0.717) is 0 Å². The summed E-state index contributed by atoms with van der Waals surface area (Å²) in [5.41, 5.74) is 4.47. The molecule has 2 aromatic carbocycles. The van der Waals surface area contributed by atoms with Gasteiger partial charge in [0.05, 0.1) is 6.54 Å². The first-order valence-electron chi connectivity index (χ1n) is 11.8. The maximum absolute atomic E-state index is 13.7. The molecular formula is C26H31N5O2. The monoisotopic (exact) mass is 445 g/mol. The van der Waals surface area contributed by atoms with Gasteiger partial charge in [-0.25, -0.2) is 9.79 Å². The summed E-state index contributed by atoms with van der Waals surface area (Å²) in [5, 5.41) is 0. The molecule has 7 nitrogen and oxygen atoms in total. The number of rotatable bonds is 4. The molecule has 0 aromatic heterocycles. The standard InChI is InChI=1S/C26H31N5O2/c1-4-19-11-13-21(14-12-19)29-15-5-6-16-30-22-23(27-25(29)30)28(3)26(33)31(24(22)32)17-20-9-7-18(2)8-10-20/h7-14,22-23H,4-6,15-17H2,1-3H3. The van der Waals surface area contributed by atoms with Crippen LogP contribution in [0.1, 0.15) is 36.5 Å². The predicted octanol–water partition coefficient (Wildman–Crippen LogP) is 3.62. The second-order valence-corrected chi connectivity index (χ2v) is 9.16. The Morgan fingerprint density at radius 2 is 1.61 bits per heavy atom. The van der Waals surface area contributed by atoms with Crippen molar-refractivity contribution in [1.82, 2.24) is 14.7 Å². The summed E-state index contributed by atoms with van der Waals surface area (Å²) in [6.07, 6.45) is 2.51. The van der Waals surface area contributed by atoms with Crippen molar-refractivity contribution < 1.29 is 9.59 Å². The van der Waals surface area contributed by atoms with Crippen molar-refractivity contribution in [3.8, 4) is 0 Å². The number of hydrogen-bond donors (Lipinski definition) is 0. The van der Waals surface area contributed by atoms with E-state index >= 15 is 0 Å². The lowest BCUT2D eigenvalue weighted by molar-refractivity contribution is -0.138. The van der Waals surface area contributed by atoms with E-state index in [4.69, 9.17) is 4.99 Å². The van der Waals surface area contributed by atoms with Crippen LogP contribution in [0.25, 0.3) is 0 Å². The zero-order chi connectivity index (χ0) is 23.1. The molecule has 0 N–H and O–H groups in total. The van der Waals surface area contributed by atoms with E-state index in [-0.39, 0.29) is 18.5 Å². The number of benzene rings is 2. The minimum absolute atomic E-state index is 0.161. The van der Waals surface area contributed by atoms with Crippen molar-refractivity contribution in [3.05, 3.63) is 65.2 Å². The van der Waals surface area contributed by atoms with Gasteiger partial charge >= 0.3 is 6.03 Å². The first-order chi connectivity index (χ1) is 16.0. The molecular weight excluding hydrogens is 414 g/mol. The second-order valence-electron chi connectivity index (χ2n) is 9.16. The highest BCUT2D eigenvalue weighted by atomic mass is 16.2. The van der Waals surface area contributed by atoms with Crippen molar-refractivity contribution in [2.24, 2.45) is 4.99 Å². The SMILES string of the molecule is CCc1ccc(N2CCCCN3C2=NC2C3C(=O)N(Cc3ccc(C)cc3)C(=O)N2C)cc1. The number of carbonyl (C=O) groups excluding carboxylic acids is 2. The summed E-state index contributed by atoms with van der Waals surface area (Å²) < 4.78 is 0. The Kier molecular flexibility index (Phi) is 5.56. The third kappa shape index (κ3) is 3.75. The number of urea groups is 1. The maximum Gasteiger partial charge on any atom is 0.328 e.